The number of carbonyl (C=O) groups is 1. The zero-order valence-electron chi connectivity index (χ0n) is 8.69. The van der Waals surface area contributed by atoms with Crippen molar-refractivity contribution in [2.45, 2.75) is 25.8 Å². The Kier molecular flexibility index (Phi) is 2.86. The largest absolute Gasteiger partial charge is 0.353 e. The van der Waals surface area contributed by atoms with Gasteiger partial charge in [0.05, 0.1) is 6.04 Å². The van der Waals surface area contributed by atoms with Crippen LogP contribution in [0.15, 0.2) is 18.3 Å². The number of likely N-dealkylation sites (tertiary alicyclic amines) is 1. The standard InChI is InChI=1S/C11H14N2OS/c1-8(14)13-6-2-3-10(13)9-4-5-11(15)12-7-9/h4-5,7,10H,2-3,6H2,1H3,(H,12,15)/t10-/m0/s1. The zero-order valence-corrected chi connectivity index (χ0v) is 9.51. The average molecular weight is 222 g/mol. The molecule has 0 aliphatic carbocycles. The second-order valence-electron chi connectivity index (χ2n) is 3.86. The summed E-state index contributed by atoms with van der Waals surface area (Å²) in [6, 6.07) is 4.11. The van der Waals surface area contributed by atoms with Gasteiger partial charge in [-0.25, -0.2) is 0 Å². The lowest BCUT2D eigenvalue weighted by Gasteiger charge is -2.23. The maximum Gasteiger partial charge on any atom is 0.219 e. The number of aromatic nitrogens is 1. The van der Waals surface area contributed by atoms with E-state index in [9.17, 15) is 4.79 Å². The van der Waals surface area contributed by atoms with Gasteiger partial charge in [-0.2, -0.15) is 0 Å². The minimum atomic E-state index is 0.153. The minimum absolute atomic E-state index is 0.153. The molecule has 80 valence electrons. The van der Waals surface area contributed by atoms with E-state index in [0.717, 1.165) is 29.6 Å². The highest BCUT2D eigenvalue weighted by molar-refractivity contribution is 7.71. The van der Waals surface area contributed by atoms with E-state index in [1.165, 1.54) is 0 Å². The smallest absolute Gasteiger partial charge is 0.219 e. The summed E-state index contributed by atoms with van der Waals surface area (Å²) in [5.74, 6) is 0.153. The predicted octanol–water partition coefficient (Wildman–Crippen LogP) is 2.43. The van der Waals surface area contributed by atoms with Crippen molar-refractivity contribution >= 4 is 18.1 Å². The highest BCUT2D eigenvalue weighted by Gasteiger charge is 2.27. The summed E-state index contributed by atoms with van der Waals surface area (Å²) in [5, 5.41) is 0. The molecule has 2 rings (SSSR count). The van der Waals surface area contributed by atoms with Crippen LogP contribution in [-0.2, 0) is 4.79 Å². The van der Waals surface area contributed by atoms with Gasteiger partial charge in [0.25, 0.3) is 0 Å². The maximum absolute atomic E-state index is 11.4. The third-order valence-electron chi connectivity index (χ3n) is 2.85. The molecule has 1 atom stereocenters. The van der Waals surface area contributed by atoms with Gasteiger partial charge in [-0.3, -0.25) is 4.79 Å². The van der Waals surface area contributed by atoms with Crippen molar-refractivity contribution in [3.05, 3.63) is 28.5 Å². The topological polar surface area (TPSA) is 36.1 Å². The van der Waals surface area contributed by atoms with Crippen molar-refractivity contribution < 1.29 is 4.79 Å². The molecule has 1 amide bonds. The van der Waals surface area contributed by atoms with E-state index in [1.807, 2.05) is 23.2 Å². The molecule has 1 aliphatic heterocycles. The zero-order chi connectivity index (χ0) is 10.8. The Bertz CT molecular complexity index is 406. The quantitative estimate of drug-likeness (QED) is 0.741. The fourth-order valence-corrected chi connectivity index (χ4v) is 2.25. The Morgan fingerprint density at radius 3 is 3.00 bits per heavy atom. The van der Waals surface area contributed by atoms with Crippen LogP contribution < -0.4 is 0 Å². The molecule has 0 saturated carbocycles. The molecule has 1 aromatic rings. The lowest BCUT2D eigenvalue weighted by atomic mass is 10.1. The summed E-state index contributed by atoms with van der Waals surface area (Å²) in [4.78, 5) is 16.3. The predicted molar refractivity (Wildman–Crippen MR) is 61.0 cm³/mol. The monoisotopic (exact) mass is 222 g/mol. The van der Waals surface area contributed by atoms with Crippen LogP contribution in [0.1, 0.15) is 31.4 Å². The summed E-state index contributed by atoms with van der Waals surface area (Å²) >= 11 is 4.99. The Morgan fingerprint density at radius 2 is 2.40 bits per heavy atom. The molecule has 0 aromatic carbocycles. The molecule has 4 heteroatoms. The van der Waals surface area contributed by atoms with Crippen LogP contribution in [0, 0.1) is 4.64 Å². The molecule has 0 bridgehead atoms. The maximum atomic E-state index is 11.4. The van der Waals surface area contributed by atoms with E-state index in [4.69, 9.17) is 12.2 Å². The summed E-state index contributed by atoms with van der Waals surface area (Å²) in [6.45, 7) is 2.50. The molecule has 0 unspecified atom stereocenters. The van der Waals surface area contributed by atoms with Crippen molar-refractivity contribution in [2.75, 3.05) is 6.54 Å². The SMILES string of the molecule is CC(=O)N1CCC[C@H]1c1ccc(=S)[nH]c1. The second-order valence-corrected chi connectivity index (χ2v) is 4.30. The van der Waals surface area contributed by atoms with E-state index >= 15 is 0 Å². The van der Waals surface area contributed by atoms with Crippen molar-refractivity contribution in [2.24, 2.45) is 0 Å². The molecule has 0 spiro atoms. The number of nitrogens with zero attached hydrogens (tertiary/aromatic N) is 1. The molecule has 2 heterocycles. The number of hydrogen-bond donors (Lipinski definition) is 1. The van der Waals surface area contributed by atoms with Crippen molar-refractivity contribution in [1.29, 1.82) is 0 Å². The van der Waals surface area contributed by atoms with Gasteiger partial charge in [-0.15, -0.1) is 0 Å². The minimum Gasteiger partial charge on any atom is -0.353 e. The highest BCUT2D eigenvalue weighted by Crippen LogP contribution is 2.31. The van der Waals surface area contributed by atoms with Crippen LogP contribution in [0.25, 0.3) is 0 Å². The van der Waals surface area contributed by atoms with Crippen LogP contribution >= 0.6 is 12.2 Å². The molecular weight excluding hydrogens is 208 g/mol. The Balaban J connectivity index is 2.26. The van der Waals surface area contributed by atoms with Crippen LogP contribution in [-0.4, -0.2) is 22.3 Å². The van der Waals surface area contributed by atoms with Gasteiger partial charge in [0.15, 0.2) is 0 Å². The molecule has 1 fully saturated rings. The number of nitrogens with one attached hydrogen (secondary N) is 1. The number of aromatic amines is 1. The molecule has 1 aromatic heterocycles. The normalized spacial score (nSPS) is 20.6. The van der Waals surface area contributed by atoms with Gasteiger partial charge in [0.2, 0.25) is 5.91 Å². The van der Waals surface area contributed by atoms with Gasteiger partial charge in [-0.1, -0.05) is 18.3 Å². The van der Waals surface area contributed by atoms with Crippen LogP contribution in [0.5, 0.6) is 0 Å². The van der Waals surface area contributed by atoms with Gasteiger partial charge in [0.1, 0.15) is 4.64 Å². The average Bonchev–Trinajstić information content (AvgIpc) is 2.67. The first-order valence-corrected chi connectivity index (χ1v) is 5.55. The molecule has 1 saturated heterocycles. The van der Waals surface area contributed by atoms with E-state index in [2.05, 4.69) is 4.98 Å². The van der Waals surface area contributed by atoms with Gasteiger partial charge in [0, 0.05) is 19.7 Å². The van der Waals surface area contributed by atoms with E-state index in [0.29, 0.717) is 0 Å². The Morgan fingerprint density at radius 1 is 1.60 bits per heavy atom. The van der Waals surface area contributed by atoms with Crippen LogP contribution in [0.2, 0.25) is 0 Å². The first-order valence-electron chi connectivity index (χ1n) is 5.14. The summed E-state index contributed by atoms with van der Waals surface area (Å²) in [6.07, 6.45) is 4.04. The molecule has 1 N–H and O–H groups in total. The van der Waals surface area contributed by atoms with E-state index in [1.54, 1.807) is 6.92 Å². The number of pyridine rings is 1. The summed E-state index contributed by atoms with van der Waals surface area (Å²) in [7, 11) is 0. The van der Waals surface area contributed by atoms with Crippen molar-refractivity contribution in [3.8, 4) is 0 Å². The lowest BCUT2D eigenvalue weighted by Crippen LogP contribution is -2.28. The van der Waals surface area contributed by atoms with Crippen LogP contribution in [0.3, 0.4) is 0 Å². The molecule has 3 nitrogen and oxygen atoms in total. The molecular formula is C11H14N2OS. The Hall–Kier alpha value is -1.16. The molecule has 1 aliphatic rings. The number of H-pyrrole nitrogens is 1. The van der Waals surface area contributed by atoms with E-state index in [-0.39, 0.29) is 11.9 Å². The third kappa shape index (κ3) is 2.09. The van der Waals surface area contributed by atoms with Crippen molar-refractivity contribution in [3.63, 3.8) is 0 Å². The van der Waals surface area contributed by atoms with Gasteiger partial charge < -0.3 is 9.88 Å². The Labute approximate surface area is 94.1 Å². The van der Waals surface area contributed by atoms with Gasteiger partial charge >= 0.3 is 0 Å². The molecule has 0 radical (unpaired) electrons. The number of hydrogen-bond acceptors (Lipinski definition) is 2. The van der Waals surface area contributed by atoms with E-state index < -0.39 is 0 Å². The summed E-state index contributed by atoms with van der Waals surface area (Å²) in [5.41, 5.74) is 1.15. The number of rotatable bonds is 1. The van der Waals surface area contributed by atoms with Gasteiger partial charge in [-0.05, 0) is 24.5 Å². The second kappa shape index (κ2) is 4.14. The van der Waals surface area contributed by atoms with Crippen LogP contribution in [0.4, 0.5) is 0 Å². The summed E-state index contributed by atoms with van der Waals surface area (Å²) < 4.78 is 0.728. The van der Waals surface area contributed by atoms with Crippen molar-refractivity contribution in [1.82, 2.24) is 9.88 Å². The fraction of sp³-hybridized carbons (Fsp3) is 0.455. The molecule has 15 heavy (non-hydrogen) atoms. The first-order chi connectivity index (χ1) is 7.18. The number of carbonyl (C=O) groups excluding carboxylic acids is 1. The first kappa shape index (κ1) is 10.4. The fourth-order valence-electron chi connectivity index (χ4n) is 2.12. The number of amides is 1. The highest BCUT2D eigenvalue weighted by atomic mass is 32.1. The third-order valence-corrected chi connectivity index (χ3v) is 3.10. The lowest BCUT2D eigenvalue weighted by molar-refractivity contribution is -0.129.